The molecule has 0 saturated heterocycles. The first kappa shape index (κ1) is 14.1. The predicted octanol–water partition coefficient (Wildman–Crippen LogP) is 1.29. The molecule has 0 bridgehead atoms. The number of hydrogen-bond acceptors (Lipinski definition) is 6. The summed E-state index contributed by atoms with van der Waals surface area (Å²) in [6, 6.07) is 3.56. The lowest BCUT2D eigenvalue weighted by Crippen LogP contribution is -2.25. The number of ether oxygens (including phenoxy) is 1. The van der Waals surface area contributed by atoms with Crippen LogP contribution in [0.3, 0.4) is 0 Å². The van der Waals surface area contributed by atoms with E-state index in [2.05, 4.69) is 20.4 Å². The zero-order valence-corrected chi connectivity index (χ0v) is 11.2. The first-order chi connectivity index (χ1) is 9.81. The van der Waals surface area contributed by atoms with E-state index in [9.17, 15) is 4.79 Å². The molecule has 20 heavy (non-hydrogen) atoms. The van der Waals surface area contributed by atoms with Gasteiger partial charge in [-0.15, -0.1) is 0 Å². The Morgan fingerprint density at radius 1 is 1.50 bits per heavy atom. The van der Waals surface area contributed by atoms with Gasteiger partial charge in [-0.3, -0.25) is 9.78 Å². The summed E-state index contributed by atoms with van der Waals surface area (Å²) in [4.78, 5) is 19.7. The Labute approximate surface area is 116 Å². The van der Waals surface area contributed by atoms with Crippen molar-refractivity contribution >= 4 is 5.91 Å². The molecule has 106 valence electrons. The molecule has 2 aromatic rings. The highest BCUT2D eigenvalue weighted by Crippen LogP contribution is 2.13. The quantitative estimate of drug-likeness (QED) is 0.766. The van der Waals surface area contributed by atoms with Gasteiger partial charge in [-0.1, -0.05) is 5.16 Å². The Kier molecular flexibility index (Phi) is 5.19. The smallest absolute Gasteiger partial charge is 0.316 e. The number of nitrogens with one attached hydrogen (secondary N) is 1. The number of aromatic nitrogens is 3. The molecule has 0 atom stereocenters. The third-order valence-corrected chi connectivity index (χ3v) is 2.50. The van der Waals surface area contributed by atoms with Gasteiger partial charge >= 0.3 is 11.8 Å². The summed E-state index contributed by atoms with van der Waals surface area (Å²) in [5.41, 5.74) is 0.701. The number of rotatable bonds is 7. The van der Waals surface area contributed by atoms with Gasteiger partial charge in [0.2, 0.25) is 5.82 Å². The highest BCUT2D eigenvalue weighted by molar-refractivity contribution is 5.89. The second-order valence-corrected chi connectivity index (χ2v) is 3.97. The van der Waals surface area contributed by atoms with Crippen LogP contribution in [0.5, 0.6) is 0 Å². The molecule has 2 rings (SSSR count). The first-order valence-corrected chi connectivity index (χ1v) is 6.41. The second kappa shape index (κ2) is 7.34. The van der Waals surface area contributed by atoms with E-state index in [0.717, 1.165) is 6.42 Å². The van der Waals surface area contributed by atoms with Crippen molar-refractivity contribution in [2.45, 2.75) is 13.3 Å². The zero-order chi connectivity index (χ0) is 14.2. The van der Waals surface area contributed by atoms with Crippen LogP contribution in [0.4, 0.5) is 0 Å². The van der Waals surface area contributed by atoms with Crippen molar-refractivity contribution < 1.29 is 14.1 Å². The average molecular weight is 276 g/mol. The maximum Gasteiger partial charge on any atom is 0.316 e. The molecular formula is C13H16N4O3. The number of carbonyl (C=O) groups excluding carboxylic acids is 1. The summed E-state index contributed by atoms with van der Waals surface area (Å²) in [6.45, 7) is 3.72. The molecule has 0 saturated carbocycles. The van der Waals surface area contributed by atoms with Gasteiger partial charge in [0.25, 0.3) is 0 Å². The van der Waals surface area contributed by atoms with E-state index in [1.54, 1.807) is 24.5 Å². The van der Waals surface area contributed by atoms with Crippen molar-refractivity contribution in [1.82, 2.24) is 20.4 Å². The molecule has 7 heteroatoms. The summed E-state index contributed by atoms with van der Waals surface area (Å²) in [5, 5.41) is 6.45. The summed E-state index contributed by atoms with van der Waals surface area (Å²) >= 11 is 0. The molecule has 0 aromatic carbocycles. The summed E-state index contributed by atoms with van der Waals surface area (Å²) in [6.07, 6.45) is 3.99. The normalized spacial score (nSPS) is 10.4. The lowest BCUT2D eigenvalue weighted by atomic mass is 10.3. The topological polar surface area (TPSA) is 90.1 Å². The zero-order valence-electron chi connectivity index (χ0n) is 11.2. The van der Waals surface area contributed by atoms with Gasteiger partial charge in [0.05, 0.1) is 0 Å². The minimum Gasteiger partial charge on any atom is -0.382 e. The lowest BCUT2D eigenvalue weighted by Gasteiger charge is -2.01. The van der Waals surface area contributed by atoms with E-state index < -0.39 is 0 Å². The molecular weight excluding hydrogens is 260 g/mol. The summed E-state index contributed by atoms with van der Waals surface area (Å²) in [5.74, 6) is -0.0954. The van der Waals surface area contributed by atoms with Gasteiger partial charge in [-0.05, 0) is 25.5 Å². The van der Waals surface area contributed by atoms with Gasteiger partial charge in [0.15, 0.2) is 0 Å². The van der Waals surface area contributed by atoms with E-state index in [0.29, 0.717) is 31.1 Å². The third-order valence-electron chi connectivity index (χ3n) is 2.50. The number of amides is 1. The molecule has 0 fully saturated rings. The minimum atomic E-state index is -0.385. The van der Waals surface area contributed by atoms with Crippen molar-refractivity contribution in [1.29, 1.82) is 0 Å². The Bertz CT molecular complexity index is 542. The Morgan fingerprint density at radius 2 is 2.40 bits per heavy atom. The molecule has 2 heterocycles. The molecule has 0 radical (unpaired) electrons. The second-order valence-electron chi connectivity index (χ2n) is 3.97. The van der Waals surface area contributed by atoms with E-state index in [1.807, 2.05) is 6.92 Å². The average Bonchev–Trinajstić information content (AvgIpc) is 2.98. The van der Waals surface area contributed by atoms with Crippen LogP contribution in [0.1, 0.15) is 24.0 Å². The van der Waals surface area contributed by atoms with Gasteiger partial charge in [-0.25, -0.2) is 0 Å². The van der Waals surface area contributed by atoms with E-state index >= 15 is 0 Å². The Hall–Kier alpha value is -2.28. The molecule has 0 aliphatic rings. The van der Waals surface area contributed by atoms with Gasteiger partial charge in [0.1, 0.15) is 0 Å². The monoisotopic (exact) mass is 276 g/mol. The fraction of sp³-hybridized carbons (Fsp3) is 0.385. The summed E-state index contributed by atoms with van der Waals surface area (Å²) < 4.78 is 10.1. The van der Waals surface area contributed by atoms with Crippen LogP contribution in [-0.2, 0) is 4.74 Å². The van der Waals surface area contributed by atoms with Crippen LogP contribution < -0.4 is 5.32 Å². The largest absolute Gasteiger partial charge is 0.382 e. The fourth-order valence-corrected chi connectivity index (χ4v) is 1.52. The van der Waals surface area contributed by atoms with Crippen LogP contribution in [0.2, 0.25) is 0 Å². The van der Waals surface area contributed by atoms with Crippen LogP contribution in [0.25, 0.3) is 11.4 Å². The lowest BCUT2D eigenvalue weighted by molar-refractivity contribution is 0.0901. The first-order valence-electron chi connectivity index (χ1n) is 6.41. The van der Waals surface area contributed by atoms with Crippen molar-refractivity contribution in [2.75, 3.05) is 19.8 Å². The van der Waals surface area contributed by atoms with Gasteiger partial charge in [0, 0.05) is 37.7 Å². The third kappa shape index (κ3) is 3.86. The SMILES string of the molecule is CCOCCCNC(=O)c1nc(-c2cccnc2)no1. The van der Waals surface area contributed by atoms with Crippen LogP contribution in [0, 0.1) is 0 Å². The number of nitrogens with zero attached hydrogens (tertiary/aromatic N) is 3. The molecule has 1 amide bonds. The van der Waals surface area contributed by atoms with E-state index in [4.69, 9.17) is 9.26 Å². The van der Waals surface area contributed by atoms with E-state index in [1.165, 1.54) is 0 Å². The maximum atomic E-state index is 11.8. The van der Waals surface area contributed by atoms with Crippen LogP contribution >= 0.6 is 0 Å². The number of hydrogen-bond donors (Lipinski definition) is 1. The van der Waals surface area contributed by atoms with E-state index in [-0.39, 0.29) is 11.8 Å². The maximum absolute atomic E-state index is 11.8. The minimum absolute atomic E-state index is 0.0553. The van der Waals surface area contributed by atoms with Crippen molar-refractivity contribution in [3.8, 4) is 11.4 Å². The molecule has 2 aromatic heterocycles. The van der Waals surface area contributed by atoms with Crippen LogP contribution in [0.15, 0.2) is 29.0 Å². The number of carbonyl (C=O) groups is 1. The molecule has 0 unspecified atom stereocenters. The summed E-state index contributed by atoms with van der Waals surface area (Å²) in [7, 11) is 0. The number of pyridine rings is 1. The molecule has 7 nitrogen and oxygen atoms in total. The van der Waals surface area contributed by atoms with Crippen molar-refractivity contribution in [2.24, 2.45) is 0 Å². The molecule has 0 aliphatic carbocycles. The van der Waals surface area contributed by atoms with Crippen LogP contribution in [-0.4, -0.2) is 40.8 Å². The Balaban J connectivity index is 1.87. The molecule has 0 aliphatic heterocycles. The van der Waals surface area contributed by atoms with Crippen molar-refractivity contribution in [3.05, 3.63) is 30.4 Å². The standard InChI is InChI=1S/C13H16N4O3/c1-2-19-8-4-7-15-12(18)13-16-11(17-20-13)10-5-3-6-14-9-10/h3,5-6,9H,2,4,7-8H2,1H3,(H,15,18). The highest BCUT2D eigenvalue weighted by atomic mass is 16.5. The Morgan fingerprint density at radius 3 is 3.15 bits per heavy atom. The van der Waals surface area contributed by atoms with Gasteiger partial charge in [-0.2, -0.15) is 4.98 Å². The molecule has 0 spiro atoms. The highest BCUT2D eigenvalue weighted by Gasteiger charge is 2.15. The van der Waals surface area contributed by atoms with Gasteiger partial charge < -0.3 is 14.6 Å². The fourth-order valence-electron chi connectivity index (χ4n) is 1.52. The predicted molar refractivity (Wildman–Crippen MR) is 71.0 cm³/mol. The molecule has 1 N–H and O–H groups in total. The van der Waals surface area contributed by atoms with Crippen molar-refractivity contribution in [3.63, 3.8) is 0 Å².